The molecule has 0 aliphatic rings. The minimum absolute atomic E-state index is 0.296. The van der Waals surface area contributed by atoms with Crippen molar-refractivity contribution in [2.45, 2.75) is 19.8 Å². The third-order valence-corrected chi connectivity index (χ3v) is 2.45. The van der Waals surface area contributed by atoms with Crippen molar-refractivity contribution in [3.63, 3.8) is 0 Å². The highest BCUT2D eigenvalue weighted by Crippen LogP contribution is 2.29. The van der Waals surface area contributed by atoms with E-state index in [9.17, 15) is 9.90 Å². The third-order valence-electron chi connectivity index (χ3n) is 2.45. The number of unbranched alkanes of at least 4 members (excludes halogenated alkanes) is 1. The number of nitrogens with one attached hydrogen (secondary N) is 1. The zero-order valence-electron chi connectivity index (χ0n) is 9.56. The third kappa shape index (κ3) is 2.38. The zero-order chi connectivity index (χ0) is 12.3. The number of H-pyrrole nitrogens is 1. The molecule has 2 aromatic rings. The van der Waals surface area contributed by atoms with Gasteiger partial charge in [0.25, 0.3) is 0 Å². The van der Waals surface area contributed by atoms with Gasteiger partial charge in [0.1, 0.15) is 11.1 Å². The Morgan fingerprint density at radius 3 is 3.06 bits per heavy atom. The molecule has 0 amide bonds. The highest BCUT2D eigenvalue weighted by molar-refractivity contribution is 5.89. The summed E-state index contributed by atoms with van der Waals surface area (Å²) in [6.45, 7) is 2.65. The number of aromatic nitrogens is 2. The highest BCUT2D eigenvalue weighted by Gasteiger charge is 2.09. The van der Waals surface area contributed by atoms with Gasteiger partial charge in [0.2, 0.25) is 5.88 Å². The van der Waals surface area contributed by atoms with Crippen LogP contribution in [-0.2, 0) is 0 Å². The summed E-state index contributed by atoms with van der Waals surface area (Å²) >= 11 is 0. The van der Waals surface area contributed by atoms with Crippen LogP contribution in [0.5, 0.6) is 11.6 Å². The van der Waals surface area contributed by atoms with Gasteiger partial charge in [-0.2, -0.15) is 4.98 Å². The number of aromatic hydroxyl groups is 1. The molecule has 0 aliphatic heterocycles. The Labute approximate surface area is 98.1 Å². The molecule has 1 aromatic heterocycles. The lowest BCUT2D eigenvalue weighted by Crippen LogP contribution is -2.10. The fourth-order valence-corrected chi connectivity index (χ4v) is 1.61. The van der Waals surface area contributed by atoms with Gasteiger partial charge in [-0.15, -0.1) is 0 Å². The van der Waals surface area contributed by atoms with Crippen molar-refractivity contribution in [3.8, 4) is 11.6 Å². The van der Waals surface area contributed by atoms with Gasteiger partial charge in [-0.3, -0.25) is 0 Å². The van der Waals surface area contributed by atoms with E-state index in [-0.39, 0.29) is 5.88 Å². The van der Waals surface area contributed by atoms with E-state index >= 15 is 0 Å². The highest BCUT2D eigenvalue weighted by atomic mass is 16.5. The summed E-state index contributed by atoms with van der Waals surface area (Å²) in [5.41, 5.74) is -0.0443. The van der Waals surface area contributed by atoms with Crippen LogP contribution in [0.2, 0.25) is 0 Å². The smallest absolute Gasteiger partial charge is 0.348 e. The minimum atomic E-state index is -0.569. The average molecular weight is 234 g/mol. The molecule has 0 atom stereocenters. The molecule has 0 saturated carbocycles. The van der Waals surface area contributed by atoms with Gasteiger partial charge in [-0.1, -0.05) is 19.4 Å². The fourth-order valence-electron chi connectivity index (χ4n) is 1.61. The fraction of sp³-hybridized carbons (Fsp3) is 0.333. The summed E-state index contributed by atoms with van der Waals surface area (Å²) in [7, 11) is 0. The van der Waals surface area contributed by atoms with Gasteiger partial charge in [-0.25, -0.2) is 4.79 Å². The van der Waals surface area contributed by atoms with Gasteiger partial charge < -0.3 is 14.8 Å². The lowest BCUT2D eigenvalue weighted by Gasteiger charge is -2.08. The van der Waals surface area contributed by atoms with E-state index in [1.54, 1.807) is 18.2 Å². The van der Waals surface area contributed by atoms with Crippen LogP contribution < -0.4 is 10.4 Å². The number of aromatic amines is 1. The van der Waals surface area contributed by atoms with Crippen molar-refractivity contribution in [1.29, 1.82) is 0 Å². The minimum Gasteiger partial charge on any atom is -0.493 e. The van der Waals surface area contributed by atoms with Crippen LogP contribution >= 0.6 is 0 Å². The SMILES string of the molecule is CCCCOc1cccc2[nH]c(=O)nc(O)c12. The summed E-state index contributed by atoms with van der Waals surface area (Å²) < 4.78 is 5.56. The number of fused-ring (bicyclic) bond motifs is 1. The molecular formula is C12H14N2O3. The molecule has 5 heteroatoms. The molecular weight excluding hydrogens is 220 g/mol. The van der Waals surface area contributed by atoms with Crippen LogP contribution in [-0.4, -0.2) is 21.7 Å². The van der Waals surface area contributed by atoms with Gasteiger partial charge in [0.15, 0.2) is 0 Å². The second-order valence-corrected chi connectivity index (χ2v) is 3.75. The van der Waals surface area contributed by atoms with Crippen LogP contribution in [0.4, 0.5) is 0 Å². The maximum atomic E-state index is 11.1. The van der Waals surface area contributed by atoms with Gasteiger partial charge in [0.05, 0.1) is 12.1 Å². The summed E-state index contributed by atoms with van der Waals surface area (Å²) in [4.78, 5) is 17.1. The van der Waals surface area contributed by atoms with E-state index in [4.69, 9.17) is 4.74 Å². The molecule has 0 aliphatic carbocycles. The van der Waals surface area contributed by atoms with Crippen molar-refractivity contribution < 1.29 is 9.84 Å². The molecule has 0 radical (unpaired) electrons. The molecule has 0 spiro atoms. The molecule has 2 rings (SSSR count). The largest absolute Gasteiger partial charge is 0.493 e. The van der Waals surface area contributed by atoms with Crippen molar-refractivity contribution in [3.05, 3.63) is 28.7 Å². The summed E-state index contributed by atoms with van der Waals surface area (Å²) in [5.74, 6) is 0.244. The first kappa shape index (κ1) is 11.4. The van der Waals surface area contributed by atoms with E-state index in [0.717, 1.165) is 12.8 Å². The van der Waals surface area contributed by atoms with Gasteiger partial charge in [0, 0.05) is 0 Å². The molecule has 2 N–H and O–H groups in total. The van der Waals surface area contributed by atoms with E-state index < -0.39 is 5.69 Å². The maximum Gasteiger partial charge on any atom is 0.348 e. The maximum absolute atomic E-state index is 11.1. The van der Waals surface area contributed by atoms with Crippen LogP contribution in [0.25, 0.3) is 10.9 Å². The Balaban J connectivity index is 2.45. The monoisotopic (exact) mass is 234 g/mol. The number of hydrogen-bond acceptors (Lipinski definition) is 4. The predicted octanol–water partition coefficient (Wildman–Crippen LogP) is 1.81. The first-order valence-corrected chi connectivity index (χ1v) is 5.57. The first-order chi connectivity index (χ1) is 8.22. The van der Waals surface area contributed by atoms with E-state index in [2.05, 4.69) is 16.9 Å². The molecule has 1 aromatic carbocycles. The van der Waals surface area contributed by atoms with Gasteiger partial charge in [-0.05, 0) is 18.6 Å². The average Bonchev–Trinajstić information content (AvgIpc) is 2.28. The topological polar surface area (TPSA) is 75.2 Å². The predicted molar refractivity (Wildman–Crippen MR) is 64.4 cm³/mol. The van der Waals surface area contributed by atoms with Crippen molar-refractivity contribution in [2.24, 2.45) is 0 Å². The summed E-state index contributed by atoms with van der Waals surface area (Å²) in [6, 6.07) is 5.21. The van der Waals surface area contributed by atoms with Crippen LogP contribution in [0.15, 0.2) is 23.0 Å². The molecule has 1 heterocycles. The number of benzene rings is 1. The van der Waals surface area contributed by atoms with E-state index in [1.807, 2.05) is 0 Å². The molecule has 0 bridgehead atoms. The Morgan fingerprint density at radius 1 is 1.47 bits per heavy atom. The Bertz CT molecular complexity index is 577. The molecule has 0 saturated heterocycles. The molecule has 17 heavy (non-hydrogen) atoms. The molecule has 90 valence electrons. The Kier molecular flexibility index (Phi) is 3.27. The summed E-state index contributed by atoms with van der Waals surface area (Å²) in [5, 5.41) is 10.1. The number of rotatable bonds is 4. The summed E-state index contributed by atoms with van der Waals surface area (Å²) in [6.07, 6.45) is 1.97. The second kappa shape index (κ2) is 4.86. The normalized spacial score (nSPS) is 10.6. The Hall–Kier alpha value is -2.04. The van der Waals surface area contributed by atoms with Crippen molar-refractivity contribution in [1.82, 2.24) is 9.97 Å². The molecule has 5 nitrogen and oxygen atoms in total. The molecule has 0 unspecified atom stereocenters. The van der Waals surface area contributed by atoms with E-state index in [1.165, 1.54) is 0 Å². The number of nitrogens with zero attached hydrogens (tertiary/aromatic N) is 1. The lowest BCUT2D eigenvalue weighted by atomic mass is 10.2. The number of hydrogen-bond donors (Lipinski definition) is 2. The van der Waals surface area contributed by atoms with E-state index in [0.29, 0.717) is 23.3 Å². The number of ether oxygens (including phenoxy) is 1. The van der Waals surface area contributed by atoms with Crippen LogP contribution in [0.1, 0.15) is 19.8 Å². The first-order valence-electron chi connectivity index (χ1n) is 5.57. The quantitative estimate of drug-likeness (QED) is 0.791. The van der Waals surface area contributed by atoms with Gasteiger partial charge >= 0.3 is 5.69 Å². The second-order valence-electron chi connectivity index (χ2n) is 3.75. The lowest BCUT2D eigenvalue weighted by molar-refractivity contribution is 0.311. The zero-order valence-corrected chi connectivity index (χ0v) is 9.56. The van der Waals surface area contributed by atoms with Crippen LogP contribution in [0, 0.1) is 0 Å². The Morgan fingerprint density at radius 2 is 2.29 bits per heavy atom. The van der Waals surface area contributed by atoms with Crippen molar-refractivity contribution in [2.75, 3.05) is 6.61 Å². The van der Waals surface area contributed by atoms with Crippen molar-refractivity contribution >= 4 is 10.9 Å². The molecule has 0 fully saturated rings. The standard InChI is InChI=1S/C12H14N2O3/c1-2-3-7-17-9-6-4-5-8-10(9)11(15)14-12(16)13-8/h4-6H,2-3,7H2,1H3,(H2,13,14,15,16). The van der Waals surface area contributed by atoms with Crippen LogP contribution in [0.3, 0.4) is 0 Å².